The lowest BCUT2D eigenvalue weighted by atomic mass is 10.2. The molecule has 0 saturated carbocycles. The van der Waals surface area contributed by atoms with Crippen molar-refractivity contribution in [3.05, 3.63) is 48.3 Å². The second-order valence-corrected chi connectivity index (χ2v) is 8.29. The van der Waals surface area contributed by atoms with Crippen LogP contribution in [-0.2, 0) is 4.79 Å². The van der Waals surface area contributed by atoms with E-state index in [4.69, 9.17) is 4.98 Å². The van der Waals surface area contributed by atoms with Crippen LogP contribution in [0.15, 0.2) is 42.7 Å². The second kappa shape index (κ2) is 8.16. The van der Waals surface area contributed by atoms with Gasteiger partial charge in [0.2, 0.25) is 5.91 Å². The van der Waals surface area contributed by atoms with Crippen molar-refractivity contribution < 1.29 is 4.79 Å². The fraction of sp³-hybridized carbons (Fsp3) is 0.333. The molecule has 1 amide bonds. The molecule has 3 aromatic rings. The van der Waals surface area contributed by atoms with E-state index in [1.165, 1.54) is 0 Å². The smallest absolute Gasteiger partial charge is 0.219 e. The van der Waals surface area contributed by atoms with E-state index >= 15 is 0 Å². The van der Waals surface area contributed by atoms with Gasteiger partial charge < -0.3 is 15.1 Å². The third-order valence-corrected chi connectivity index (χ3v) is 6.24. The van der Waals surface area contributed by atoms with Gasteiger partial charge in [-0.2, -0.15) is 0 Å². The summed E-state index contributed by atoms with van der Waals surface area (Å²) in [6, 6.07) is 10.1. The number of hydrogen-bond donors (Lipinski definition) is 1. The Kier molecular flexibility index (Phi) is 5.44. The van der Waals surface area contributed by atoms with Crippen LogP contribution in [0.1, 0.15) is 18.9 Å². The van der Waals surface area contributed by atoms with Gasteiger partial charge in [-0.3, -0.25) is 4.79 Å². The molecule has 1 aliphatic heterocycles. The number of rotatable bonds is 5. The molecule has 4 rings (SSSR count). The third-order valence-electron chi connectivity index (χ3n) is 5.12. The molecule has 3 aromatic heterocycles. The zero-order valence-electron chi connectivity index (χ0n) is 16.8. The summed E-state index contributed by atoms with van der Waals surface area (Å²) >= 11 is 1.61. The number of hydrogen-bond acceptors (Lipinski definition) is 7. The van der Waals surface area contributed by atoms with E-state index in [1.54, 1.807) is 24.5 Å². The number of carbonyl (C=O) groups excluding carboxylic acids is 1. The fourth-order valence-corrected chi connectivity index (χ4v) is 4.34. The van der Waals surface area contributed by atoms with Crippen LogP contribution in [-0.4, -0.2) is 51.9 Å². The molecule has 7 nitrogen and oxygen atoms in total. The largest absolute Gasteiger partial charge is 0.346 e. The van der Waals surface area contributed by atoms with Crippen LogP contribution in [0.5, 0.6) is 0 Å². The maximum Gasteiger partial charge on any atom is 0.219 e. The topological polar surface area (TPSA) is 74.2 Å². The van der Waals surface area contributed by atoms with Gasteiger partial charge in [-0.1, -0.05) is 17.4 Å². The van der Waals surface area contributed by atoms with Crippen molar-refractivity contribution in [2.45, 2.75) is 26.3 Å². The summed E-state index contributed by atoms with van der Waals surface area (Å²) in [5.41, 5.74) is 2.01. The molecular weight excluding hydrogens is 384 g/mol. The maximum absolute atomic E-state index is 11.6. The minimum atomic E-state index is 0.136. The molecule has 1 aliphatic rings. The Morgan fingerprint density at radius 1 is 1.28 bits per heavy atom. The summed E-state index contributed by atoms with van der Waals surface area (Å²) in [7, 11) is 2.05. The number of likely N-dealkylation sites (N-methyl/N-ethyl adjacent to an activating group) is 1. The zero-order chi connectivity index (χ0) is 20.4. The van der Waals surface area contributed by atoms with Gasteiger partial charge >= 0.3 is 0 Å². The first-order chi connectivity index (χ1) is 14.0. The molecule has 8 heteroatoms. The summed E-state index contributed by atoms with van der Waals surface area (Å²) in [6.07, 6.45) is 4.61. The minimum Gasteiger partial charge on any atom is -0.346 e. The predicted octanol–water partition coefficient (Wildman–Crippen LogP) is 3.71. The van der Waals surface area contributed by atoms with Gasteiger partial charge in [0.15, 0.2) is 5.13 Å². The molecule has 1 fully saturated rings. The molecule has 150 valence electrons. The summed E-state index contributed by atoms with van der Waals surface area (Å²) in [4.78, 5) is 30.3. The zero-order valence-corrected chi connectivity index (χ0v) is 17.6. The lowest BCUT2D eigenvalue weighted by Crippen LogP contribution is -2.35. The van der Waals surface area contributed by atoms with Crippen LogP contribution < -0.4 is 10.2 Å². The van der Waals surface area contributed by atoms with E-state index in [1.807, 2.05) is 55.4 Å². The molecule has 0 spiro atoms. The molecule has 0 radical (unpaired) electrons. The fourth-order valence-electron chi connectivity index (χ4n) is 3.42. The van der Waals surface area contributed by atoms with Crippen molar-refractivity contribution >= 4 is 34.0 Å². The Bertz CT molecular complexity index is 1020. The van der Waals surface area contributed by atoms with Crippen LogP contribution >= 0.6 is 11.3 Å². The van der Waals surface area contributed by atoms with Crippen molar-refractivity contribution in [2.24, 2.45) is 0 Å². The van der Waals surface area contributed by atoms with Crippen molar-refractivity contribution in [1.29, 1.82) is 0 Å². The summed E-state index contributed by atoms with van der Waals surface area (Å²) in [5.74, 6) is 1.66. The van der Waals surface area contributed by atoms with Crippen molar-refractivity contribution in [1.82, 2.24) is 19.9 Å². The highest BCUT2D eigenvalue weighted by atomic mass is 32.1. The molecular formula is C21H24N6OS. The van der Waals surface area contributed by atoms with E-state index in [2.05, 4.69) is 20.2 Å². The molecule has 0 bridgehead atoms. The van der Waals surface area contributed by atoms with Crippen LogP contribution in [0, 0.1) is 6.92 Å². The number of thiazole rings is 1. The first-order valence-electron chi connectivity index (χ1n) is 9.61. The Labute approximate surface area is 174 Å². The van der Waals surface area contributed by atoms with Crippen LogP contribution in [0.25, 0.3) is 10.6 Å². The van der Waals surface area contributed by atoms with Crippen molar-refractivity contribution in [3.8, 4) is 10.6 Å². The molecule has 1 saturated heterocycles. The normalized spacial score (nSPS) is 16.1. The number of nitrogens with one attached hydrogen (secondary N) is 1. The monoisotopic (exact) mass is 408 g/mol. The van der Waals surface area contributed by atoms with E-state index in [9.17, 15) is 4.79 Å². The Morgan fingerprint density at radius 3 is 2.90 bits per heavy atom. The number of carbonyl (C=O) groups is 1. The number of likely N-dealkylation sites (tertiary alicyclic amines) is 1. The number of aryl methyl sites for hydroxylation is 1. The van der Waals surface area contributed by atoms with Gasteiger partial charge in [0.25, 0.3) is 0 Å². The number of anilines is 3. The van der Waals surface area contributed by atoms with Crippen LogP contribution in [0.4, 0.5) is 16.8 Å². The van der Waals surface area contributed by atoms with Gasteiger partial charge in [-0.25, -0.2) is 15.0 Å². The Morgan fingerprint density at radius 2 is 2.14 bits per heavy atom. The highest BCUT2D eigenvalue weighted by Crippen LogP contribution is 2.32. The second-order valence-electron chi connectivity index (χ2n) is 7.28. The van der Waals surface area contributed by atoms with Gasteiger partial charge in [0, 0.05) is 39.5 Å². The van der Waals surface area contributed by atoms with Crippen LogP contribution in [0.3, 0.4) is 0 Å². The number of amides is 1. The SMILES string of the molecule is CC(=O)N1CC[C@@H](N(C)c2ncc(-c3cccc(Nc4cc(C)ccn4)n3)s2)C1. The van der Waals surface area contributed by atoms with Crippen molar-refractivity contribution in [3.63, 3.8) is 0 Å². The predicted molar refractivity (Wildman–Crippen MR) is 117 cm³/mol. The summed E-state index contributed by atoms with van der Waals surface area (Å²) < 4.78 is 0. The molecule has 0 unspecified atom stereocenters. The lowest BCUT2D eigenvalue weighted by molar-refractivity contribution is -0.127. The molecule has 1 N–H and O–H groups in total. The molecule has 0 aliphatic carbocycles. The average Bonchev–Trinajstić information content (AvgIpc) is 3.38. The molecule has 4 heterocycles. The summed E-state index contributed by atoms with van der Waals surface area (Å²) in [6.45, 7) is 5.22. The molecule has 1 atom stereocenters. The highest BCUT2D eigenvalue weighted by molar-refractivity contribution is 7.18. The van der Waals surface area contributed by atoms with E-state index in [0.717, 1.165) is 52.4 Å². The van der Waals surface area contributed by atoms with Crippen LogP contribution in [0.2, 0.25) is 0 Å². The first-order valence-corrected chi connectivity index (χ1v) is 10.4. The van der Waals surface area contributed by atoms with Gasteiger partial charge in [-0.15, -0.1) is 0 Å². The average molecular weight is 409 g/mol. The standard InChI is InChI=1S/C21H24N6OS/c1-14-7-9-22-20(11-14)25-19-6-4-5-17(24-19)18-12-23-21(29-18)26(3)16-8-10-27(13-16)15(2)28/h4-7,9,11-12,16H,8,10,13H2,1-3H3,(H,22,24,25)/t16-/m1/s1. The minimum absolute atomic E-state index is 0.136. The Balaban J connectivity index is 1.49. The maximum atomic E-state index is 11.6. The molecule has 29 heavy (non-hydrogen) atoms. The Hall–Kier alpha value is -3.00. The molecule has 0 aromatic carbocycles. The number of pyridine rings is 2. The van der Waals surface area contributed by atoms with Gasteiger partial charge in [0.1, 0.15) is 11.6 Å². The van der Waals surface area contributed by atoms with E-state index in [-0.39, 0.29) is 5.91 Å². The summed E-state index contributed by atoms with van der Waals surface area (Å²) in [5, 5.41) is 4.20. The third kappa shape index (κ3) is 4.37. The first kappa shape index (κ1) is 19.3. The lowest BCUT2D eigenvalue weighted by Gasteiger charge is -2.23. The number of nitrogens with zero attached hydrogens (tertiary/aromatic N) is 5. The van der Waals surface area contributed by atoms with Gasteiger partial charge in [0.05, 0.1) is 16.6 Å². The van der Waals surface area contributed by atoms with E-state index < -0.39 is 0 Å². The highest BCUT2D eigenvalue weighted by Gasteiger charge is 2.28. The van der Waals surface area contributed by atoms with E-state index in [0.29, 0.717) is 6.04 Å². The van der Waals surface area contributed by atoms with Crippen molar-refractivity contribution in [2.75, 3.05) is 30.4 Å². The quantitative estimate of drug-likeness (QED) is 0.694. The van der Waals surface area contributed by atoms with Gasteiger partial charge in [-0.05, 0) is 43.2 Å². The number of aromatic nitrogens is 3.